The van der Waals surface area contributed by atoms with E-state index in [4.69, 9.17) is 5.73 Å². The van der Waals surface area contributed by atoms with Gasteiger partial charge in [0.15, 0.2) is 0 Å². The van der Waals surface area contributed by atoms with E-state index >= 15 is 0 Å². The first-order valence-electron chi connectivity index (χ1n) is 6.87. The highest BCUT2D eigenvalue weighted by atomic mass is 16.2. The fourth-order valence-corrected chi connectivity index (χ4v) is 2.64. The van der Waals surface area contributed by atoms with Crippen LogP contribution in [0.3, 0.4) is 0 Å². The summed E-state index contributed by atoms with van der Waals surface area (Å²) in [6.07, 6.45) is 7.01. The molecule has 4 N–H and O–H groups in total. The lowest BCUT2D eigenvalue weighted by Crippen LogP contribution is -2.48. The third-order valence-electron chi connectivity index (χ3n) is 3.90. The van der Waals surface area contributed by atoms with Gasteiger partial charge in [-0.05, 0) is 30.5 Å². The highest BCUT2D eigenvalue weighted by Gasteiger charge is 2.36. The number of nitrogens with one attached hydrogen (secondary N) is 2. The normalized spacial score (nSPS) is 17.1. The summed E-state index contributed by atoms with van der Waals surface area (Å²) in [6, 6.07) is 7.65. The van der Waals surface area contributed by atoms with E-state index in [9.17, 15) is 4.79 Å². The first kappa shape index (κ1) is 12.9. The number of H-pyrrole nitrogens is 1. The predicted molar refractivity (Wildman–Crippen MR) is 78.0 cm³/mol. The van der Waals surface area contributed by atoms with Gasteiger partial charge in [0, 0.05) is 5.69 Å². The molecule has 0 radical (unpaired) electrons. The third kappa shape index (κ3) is 2.44. The molecule has 5 nitrogen and oxygen atoms in total. The number of carbonyl (C=O) groups excluding carboxylic acids is 1. The number of carbonyl (C=O) groups is 1. The molecule has 0 spiro atoms. The maximum Gasteiger partial charge on any atom is 0.244 e. The van der Waals surface area contributed by atoms with Crippen LogP contribution < -0.4 is 11.1 Å². The van der Waals surface area contributed by atoms with Crippen LogP contribution in [0.15, 0.2) is 36.8 Å². The number of aromatic amines is 1. The van der Waals surface area contributed by atoms with Gasteiger partial charge >= 0.3 is 0 Å². The Hall–Kier alpha value is -2.14. The molecule has 0 aliphatic heterocycles. The van der Waals surface area contributed by atoms with Gasteiger partial charge in [-0.3, -0.25) is 4.79 Å². The summed E-state index contributed by atoms with van der Waals surface area (Å²) in [5.74, 6) is -0.0794. The molecule has 1 amide bonds. The average Bonchev–Trinajstić information content (AvgIpc) is 3.11. The van der Waals surface area contributed by atoms with E-state index in [0.717, 1.165) is 42.6 Å². The summed E-state index contributed by atoms with van der Waals surface area (Å²) in [6.45, 7) is 0. The standard InChI is InChI=1S/C15H18N4O/c16-15(7-1-2-8-15)14(20)19-12-5-3-11(4-6-12)13-9-17-10-18-13/h3-6,9-10H,1-2,7-8,16H2,(H,17,18)(H,19,20). The fourth-order valence-electron chi connectivity index (χ4n) is 2.64. The molecule has 0 atom stereocenters. The molecule has 20 heavy (non-hydrogen) atoms. The Balaban J connectivity index is 1.71. The molecular weight excluding hydrogens is 252 g/mol. The third-order valence-corrected chi connectivity index (χ3v) is 3.90. The van der Waals surface area contributed by atoms with Crippen LogP contribution in [0.4, 0.5) is 5.69 Å². The zero-order valence-electron chi connectivity index (χ0n) is 11.2. The van der Waals surface area contributed by atoms with Crippen molar-refractivity contribution in [2.45, 2.75) is 31.2 Å². The molecule has 1 aliphatic carbocycles. The molecule has 3 rings (SSSR count). The van der Waals surface area contributed by atoms with Gasteiger partial charge in [0.05, 0.1) is 23.8 Å². The van der Waals surface area contributed by atoms with Crippen LogP contribution in [0.25, 0.3) is 11.3 Å². The van der Waals surface area contributed by atoms with Gasteiger partial charge < -0.3 is 16.0 Å². The van der Waals surface area contributed by atoms with Gasteiger partial charge in [-0.2, -0.15) is 0 Å². The second kappa shape index (κ2) is 5.09. The maximum atomic E-state index is 12.2. The van der Waals surface area contributed by atoms with Crippen molar-refractivity contribution in [1.82, 2.24) is 9.97 Å². The Bertz CT molecular complexity index is 583. The highest BCUT2D eigenvalue weighted by Crippen LogP contribution is 2.28. The topological polar surface area (TPSA) is 83.8 Å². The number of benzene rings is 1. The number of hydrogen-bond donors (Lipinski definition) is 3. The molecule has 0 saturated heterocycles. The average molecular weight is 270 g/mol. The molecule has 1 heterocycles. The smallest absolute Gasteiger partial charge is 0.244 e. The van der Waals surface area contributed by atoms with Crippen LogP contribution >= 0.6 is 0 Å². The van der Waals surface area contributed by atoms with Crippen molar-refractivity contribution < 1.29 is 4.79 Å². The van der Waals surface area contributed by atoms with Crippen molar-refractivity contribution in [3.8, 4) is 11.3 Å². The summed E-state index contributed by atoms with van der Waals surface area (Å²) in [4.78, 5) is 19.2. The summed E-state index contributed by atoms with van der Waals surface area (Å²) < 4.78 is 0. The molecule has 0 unspecified atom stereocenters. The molecule has 0 bridgehead atoms. The Morgan fingerprint density at radius 1 is 1.25 bits per heavy atom. The summed E-state index contributed by atoms with van der Waals surface area (Å²) in [7, 11) is 0. The second-order valence-corrected chi connectivity index (χ2v) is 5.36. The van der Waals surface area contributed by atoms with Gasteiger partial charge in [0.1, 0.15) is 0 Å². The van der Waals surface area contributed by atoms with Crippen LogP contribution in [0, 0.1) is 0 Å². The molecule has 1 aromatic heterocycles. The molecule has 1 saturated carbocycles. The van der Waals surface area contributed by atoms with Gasteiger partial charge in [0.2, 0.25) is 5.91 Å². The lowest BCUT2D eigenvalue weighted by molar-refractivity contribution is -0.121. The van der Waals surface area contributed by atoms with E-state index in [1.54, 1.807) is 12.5 Å². The number of imidazole rings is 1. The molecule has 2 aromatic rings. The molecule has 1 aromatic carbocycles. The van der Waals surface area contributed by atoms with Crippen molar-refractivity contribution in [3.63, 3.8) is 0 Å². The van der Waals surface area contributed by atoms with E-state index in [0.29, 0.717) is 0 Å². The lowest BCUT2D eigenvalue weighted by atomic mass is 9.98. The number of amides is 1. The first-order valence-corrected chi connectivity index (χ1v) is 6.87. The largest absolute Gasteiger partial charge is 0.345 e. The fraction of sp³-hybridized carbons (Fsp3) is 0.333. The number of nitrogens with two attached hydrogens (primary N) is 1. The minimum atomic E-state index is -0.692. The number of rotatable bonds is 3. The summed E-state index contributed by atoms with van der Waals surface area (Å²) >= 11 is 0. The van der Waals surface area contributed by atoms with Crippen molar-refractivity contribution in [1.29, 1.82) is 0 Å². The number of hydrogen-bond acceptors (Lipinski definition) is 3. The van der Waals surface area contributed by atoms with Crippen molar-refractivity contribution in [2.24, 2.45) is 5.73 Å². The van der Waals surface area contributed by atoms with Crippen LogP contribution in [0.5, 0.6) is 0 Å². The van der Waals surface area contributed by atoms with Gasteiger partial charge in [-0.15, -0.1) is 0 Å². The molecule has 5 heteroatoms. The van der Waals surface area contributed by atoms with E-state index in [1.165, 1.54) is 0 Å². The molecular formula is C15H18N4O. The van der Waals surface area contributed by atoms with E-state index in [-0.39, 0.29) is 5.91 Å². The van der Waals surface area contributed by atoms with Gasteiger partial charge in [-0.1, -0.05) is 25.0 Å². The number of nitrogens with zero attached hydrogens (tertiary/aromatic N) is 1. The minimum absolute atomic E-state index is 0.0794. The zero-order valence-corrected chi connectivity index (χ0v) is 11.2. The Morgan fingerprint density at radius 3 is 2.55 bits per heavy atom. The number of anilines is 1. The van der Waals surface area contributed by atoms with E-state index in [2.05, 4.69) is 15.3 Å². The Labute approximate surface area is 117 Å². The summed E-state index contributed by atoms with van der Waals surface area (Å²) in [5, 5.41) is 2.91. The van der Waals surface area contributed by atoms with Crippen LogP contribution in [-0.4, -0.2) is 21.4 Å². The van der Waals surface area contributed by atoms with Crippen molar-refractivity contribution in [2.75, 3.05) is 5.32 Å². The van der Waals surface area contributed by atoms with Gasteiger partial charge in [-0.25, -0.2) is 4.98 Å². The molecule has 1 aliphatic rings. The van der Waals surface area contributed by atoms with Gasteiger partial charge in [0.25, 0.3) is 0 Å². The van der Waals surface area contributed by atoms with E-state index in [1.807, 2.05) is 24.3 Å². The monoisotopic (exact) mass is 270 g/mol. The predicted octanol–water partition coefficient (Wildman–Crippen LogP) is 2.29. The first-order chi connectivity index (χ1) is 9.67. The van der Waals surface area contributed by atoms with Crippen LogP contribution in [0.2, 0.25) is 0 Å². The Morgan fingerprint density at radius 2 is 1.95 bits per heavy atom. The Kier molecular flexibility index (Phi) is 3.28. The minimum Gasteiger partial charge on any atom is -0.345 e. The second-order valence-electron chi connectivity index (χ2n) is 5.36. The SMILES string of the molecule is NC1(C(=O)Nc2ccc(-c3cnc[nH]3)cc2)CCCC1. The van der Waals surface area contributed by atoms with Crippen molar-refractivity contribution in [3.05, 3.63) is 36.8 Å². The maximum absolute atomic E-state index is 12.2. The molecule has 104 valence electrons. The lowest BCUT2D eigenvalue weighted by Gasteiger charge is -2.22. The number of aromatic nitrogens is 2. The van der Waals surface area contributed by atoms with Crippen LogP contribution in [0.1, 0.15) is 25.7 Å². The van der Waals surface area contributed by atoms with Crippen LogP contribution in [-0.2, 0) is 4.79 Å². The zero-order chi connectivity index (χ0) is 14.0. The highest BCUT2D eigenvalue weighted by molar-refractivity contribution is 5.98. The molecule has 1 fully saturated rings. The quantitative estimate of drug-likeness (QED) is 0.800. The van der Waals surface area contributed by atoms with Crippen molar-refractivity contribution >= 4 is 11.6 Å². The summed E-state index contributed by atoms with van der Waals surface area (Å²) in [5.41, 5.74) is 8.20. The van der Waals surface area contributed by atoms with E-state index < -0.39 is 5.54 Å².